The van der Waals surface area contributed by atoms with Gasteiger partial charge in [0.1, 0.15) is 0 Å². The monoisotopic (exact) mass is 327 g/mol. The lowest BCUT2D eigenvalue weighted by atomic mass is 9.90. The van der Waals surface area contributed by atoms with Gasteiger partial charge < -0.3 is 4.90 Å². The molecule has 0 radical (unpaired) electrons. The third-order valence-corrected chi connectivity index (χ3v) is 4.51. The van der Waals surface area contributed by atoms with Crippen LogP contribution < -0.4 is 0 Å². The molecule has 0 atom stereocenters. The normalized spacial score (nSPS) is 16.4. The fourth-order valence-electron chi connectivity index (χ4n) is 3.10. The van der Waals surface area contributed by atoms with Gasteiger partial charge in [-0.3, -0.25) is 19.4 Å². The second-order valence-corrected chi connectivity index (χ2v) is 7.55. The Labute approximate surface area is 142 Å². The molecular weight excluding hydrogens is 302 g/mol. The highest BCUT2D eigenvalue weighted by Gasteiger charge is 2.31. The van der Waals surface area contributed by atoms with E-state index in [2.05, 4.69) is 15.1 Å². The number of carbonyl (C=O) groups is 1. The van der Waals surface area contributed by atoms with E-state index in [1.165, 1.54) is 0 Å². The molecule has 3 heterocycles. The maximum atomic E-state index is 12.4. The topological polar surface area (TPSA) is 63.9 Å². The number of hydrogen-bond acceptors (Lipinski definition) is 4. The number of aromatic nitrogens is 4. The van der Waals surface area contributed by atoms with Gasteiger partial charge in [0.2, 0.25) is 5.91 Å². The number of aryl methyl sites for hydroxylation is 1. The Balaban J connectivity index is 1.64. The number of hydrogen-bond donors (Lipinski definition) is 0. The van der Waals surface area contributed by atoms with Gasteiger partial charge in [-0.25, -0.2) is 0 Å². The predicted molar refractivity (Wildman–Crippen MR) is 92.2 cm³/mol. The Morgan fingerprint density at radius 1 is 1.12 bits per heavy atom. The fourth-order valence-corrected chi connectivity index (χ4v) is 3.10. The first-order valence-electron chi connectivity index (χ1n) is 8.45. The minimum atomic E-state index is -0.308. The first-order valence-corrected chi connectivity index (χ1v) is 8.45. The number of piperidine rings is 1. The molecule has 6 nitrogen and oxygen atoms in total. The largest absolute Gasteiger partial charge is 0.342 e. The highest BCUT2D eigenvalue weighted by atomic mass is 16.2. The number of nitrogens with zero attached hydrogens (tertiary/aromatic N) is 5. The minimum absolute atomic E-state index is 0.235. The molecule has 0 spiro atoms. The van der Waals surface area contributed by atoms with E-state index < -0.39 is 0 Å². The van der Waals surface area contributed by atoms with Crippen LogP contribution in [0.2, 0.25) is 0 Å². The van der Waals surface area contributed by atoms with Crippen molar-refractivity contribution in [3.05, 3.63) is 30.5 Å². The van der Waals surface area contributed by atoms with Gasteiger partial charge in [0.25, 0.3) is 0 Å². The molecule has 0 bridgehead atoms. The van der Waals surface area contributed by atoms with Crippen molar-refractivity contribution in [2.75, 3.05) is 13.1 Å². The van der Waals surface area contributed by atoms with Crippen LogP contribution in [0.3, 0.4) is 0 Å². The highest BCUT2D eigenvalue weighted by molar-refractivity contribution is 5.81. The van der Waals surface area contributed by atoms with Gasteiger partial charge in [-0.1, -0.05) is 20.8 Å². The van der Waals surface area contributed by atoms with Crippen LogP contribution in [0.25, 0.3) is 11.3 Å². The zero-order valence-corrected chi connectivity index (χ0v) is 14.9. The fraction of sp³-hybridized carbons (Fsp3) is 0.556. The summed E-state index contributed by atoms with van der Waals surface area (Å²) in [5.41, 5.74) is 2.53. The third-order valence-electron chi connectivity index (χ3n) is 4.51. The summed E-state index contributed by atoms with van der Waals surface area (Å²) in [7, 11) is 1.89. The summed E-state index contributed by atoms with van der Waals surface area (Å²) in [5, 5.41) is 4.16. The van der Waals surface area contributed by atoms with Crippen LogP contribution in [-0.2, 0) is 11.8 Å². The summed E-state index contributed by atoms with van der Waals surface area (Å²) >= 11 is 0. The standard InChI is InChI=1S/C18H25N5O/c1-18(2,3)17(24)23-7-5-13(6-8-23)15-10-20-16(11-19-15)14-9-21-22(4)12-14/h9-13H,5-8H2,1-4H3. The molecule has 1 amide bonds. The molecule has 0 aliphatic carbocycles. The summed E-state index contributed by atoms with van der Waals surface area (Å²) in [6, 6.07) is 0. The number of likely N-dealkylation sites (tertiary alicyclic amines) is 1. The van der Waals surface area contributed by atoms with Crippen LogP contribution in [0.5, 0.6) is 0 Å². The average molecular weight is 327 g/mol. The minimum Gasteiger partial charge on any atom is -0.342 e. The Kier molecular flexibility index (Phi) is 4.39. The molecule has 1 aliphatic rings. The van der Waals surface area contributed by atoms with Gasteiger partial charge in [-0.2, -0.15) is 5.10 Å². The molecule has 1 saturated heterocycles. The van der Waals surface area contributed by atoms with Gasteiger partial charge in [0.15, 0.2) is 0 Å². The van der Waals surface area contributed by atoms with E-state index in [0.717, 1.165) is 42.9 Å². The molecule has 24 heavy (non-hydrogen) atoms. The van der Waals surface area contributed by atoms with E-state index in [1.807, 2.05) is 51.3 Å². The van der Waals surface area contributed by atoms with E-state index >= 15 is 0 Å². The summed E-state index contributed by atoms with van der Waals surface area (Å²) in [6.07, 6.45) is 9.30. The lowest BCUT2D eigenvalue weighted by Crippen LogP contribution is -2.43. The van der Waals surface area contributed by atoms with Crippen LogP contribution in [0.1, 0.15) is 45.2 Å². The Morgan fingerprint density at radius 2 is 1.83 bits per heavy atom. The third kappa shape index (κ3) is 3.47. The van der Waals surface area contributed by atoms with Crippen molar-refractivity contribution in [1.82, 2.24) is 24.6 Å². The number of carbonyl (C=O) groups excluding carboxylic acids is 1. The quantitative estimate of drug-likeness (QED) is 0.850. The highest BCUT2D eigenvalue weighted by Crippen LogP contribution is 2.29. The maximum absolute atomic E-state index is 12.4. The van der Waals surface area contributed by atoms with Crippen molar-refractivity contribution >= 4 is 5.91 Å². The van der Waals surface area contributed by atoms with Gasteiger partial charge in [-0.05, 0) is 12.8 Å². The summed E-state index contributed by atoms with van der Waals surface area (Å²) in [5.74, 6) is 0.614. The van der Waals surface area contributed by atoms with E-state index in [9.17, 15) is 4.79 Å². The lowest BCUT2D eigenvalue weighted by molar-refractivity contribution is -0.140. The maximum Gasteiger partial charge on any atom is 0.227 e. The lowest BCUT2D eigenvalue weighted by Gasteiger charge is -2.35. The first-order chi connectivity index (χ1) is 11.3. The van der Waals surface area contributed by atoms with E-state index in [-0.39, 0.29) is 11.3 Å². The van der Waals surface area contributed by atoms with Crippen molar-refractivity contribution in [2.45, 2.75) is 39.5 Å². The summed E-state index contributed by atoms with van der Waals surface area (Å²) < 4.78 is 1.76. The van der Waals surface area contributed by atoms with Crippen molar-refractivity contribution < 1.29 is 4.79 Å². The van der Waals surface area contributed by atoms with Crippen LogP contribution in [0.15, 0.2) is 24.8 Å². The van der Waals surface area contributed by atoms with Gasteiger partial charge in [0.05, 0.1) is 23.8 Å². The Hall–Kier alpha value is -2.24. The molecule has 0 saturated carbocycles. The van der Waals surface area contributed by atoms with Crippen molar-refractivity contribution in [3.63, 3.8) is 0 Å². The predicted octanol–water partition coefficient (Wildman–Crippen LogP) is 2.63. The zero-order chi connectivity index (χ0) is 17.3. The Morgan fingerprint density at radius 3 is 2.33 bits per heavy atom. The van der Waals surface area contributed by atoms with Crippen molar-refractivity contribution in [2.24, 2.45) is 12.5 Å². The molecule has 1 fully saturated rings. The molecule has 1 aliphatic heterocycles. The second-order valence-electron chi connectivity index (χ2n) is 7.55. The summed E-state index contributed by atoms with van der Waals surface area (Å²) in [4.78, 5) is 23.5. The van der Waals surface area contributed by atoms with Crippen LogP contribution in [0.4, 0.5) is 0 Å². The van der Waals surface area contributed by atoms with E-state index in [0.29, 0.717) is 5.92 Å². The van der Waals surface area contributed by atoms with Crippen LogP contribution >= 0.6 is 0 Å². The Bertz CT molecular complexity index is 706. The molecule has 128 valence electrons. The van der Waals surface area contributed by atoms with Gasteiger partial charge in [-0.15, -0.1) is 0 Å². The van der Waals surface area contributed by atoms with Gasteiger partial charge in [0, 0.05) is 49.4 Å². The number of rotatable bonds is 2. The molecular formula is C18H25N5O. The zero-order valence-electron chi connectivity index (χ0n) is 14.9. The van der Waals surface area contributed by atoms with Crippen LogP contribution in [-0.4, -0.2) is 43.6 Å². The summed E-state index contributed by atoms with van der Waals surface area (Å²) in [6.45, 7) is 7.53. The smallest absolute Gasteiger partial charge is 0.227 e. The van der Waals surface area contributed by atoms with Crippen molar-refractivity contribution in [1.29, 1.82) is 0 Å². The molecule has 3 rings (SSSR count). The van der Waals surface area contributed by atoms with Crippen molar-refractivity contribution in [3.8, 4) is 11.3 Å². The molecule has 2 aromatic heterocycles. The first kappa shape index (κ1) is 16.6. The van der Waals surface area contributed by atoms with E-state index in [4.69, 9.17) is 0 Å². The SMILES string of the molecule is Cn1cc(-c2cnc(C3CCN(C(=O)C(C)(C)C)CC3)cn2)cn1. The number of amides is 1. The molecule has 0 aromatic carbocycles. The van der Waals surface area contributed by atoms with Crippen LogP contribution in [0, 0.1) is 5.41 Å². The molecule has 2 aromatic rings. The average Bonchev–Trinajstić information content (AvgIpc) is 3.00. The van der Waals surface area contributed by atoms with E-state index in [1.54, 1.807) is 10.9 Å². The molecule has 0 N–H and O–H groups in total. The molecule has 6 heteroatoms. The molecule has 0 unspecified atom stereocenters. The second kappa shape index (κ2) is 6.34. The van der Waals surface area contributed by atoms with Gasteiger partial charge >= 0.3 is 0 Å².